The number of hydrogen-bond donors (Lipinski definition) is 2. The molecule has 3 N–H and O–H groups in total. The van der Waals surface area contributed by atoms with Crippen LogP contribution in [0.3, 0.4) is 0 Å². The van der Waals surface area contributed by atoms with Crippen molar-refractivity contribution in [1.82, 2.24) is 9.88 Å². The summed E-state index contributed by atoms with van der Waals surface area (Å²) in [4.78, 5) is 6.99. The maximum Gasteiger partial charge on any atom is 0.227 e. The molecule has 4 rings (SSSR count). The molecule has 142 valence electrons. The van der Waals surface area contributed by atoms with Gasteiger partial charge >= 0.3 is 0 Å². The minimum absolute atomic E-state index is 0.577. The van der Waals surface area contributed by atoms with Gasteiger partial charge in [0.2, 0.25) is 5.89 Å². The molecule has 0 saturated carbocycles. The zero-order chi connectivity index (χ0) is 18.6. The van der Waals surface area contributed by atoms with Gasteiger partial charge in [0.1, 0.15) is 5.52 Å². The maximum absolute atomic E-state index is 6.24. The number of benzene rings is 2. The van der Waals surface area contributed by atoms with E-state index in [-0.39, 0.29) is 0 Å². The van der Waals surface area contributed by atoms with Gasteiger partial charge in [-0.25, -0.2) is 4.98 Å². The molecule has 0 bridgehead atoms. The highest BCUT2D eigenvalue weighted by Crippen LogP contribution is 2.30. The zero-order valence-electron chi connectivity index (χ0n) is 15.1. The van der Waals surface area contributed by atoms with Gasteiger partial charge in [-0.15, -0.1) is 0 Å². The molecule has 7 heteroatoms. The molecule has 1 saturated heterocycles. The van der Waals surface area contributed by atoms with Crippen LogP contribution in [0.1, 0.15) is 6.42 Å². The van der Waals surface area contributed by atoms with Crippen LogP contribution in [-0.2, 0) is 4.74 Å². The molecule has 0 amide bonds. The lowest BCUT2D eigenvalue weighted by molar-refractivity contribution is 0.0378. The van der Waals surface area contributed by atoms with Gasteiger partial charge in [-0.05, 0) is 49.4 Å². The minimum Gasteiger partial charge on any atom is -0.436 e. The van der Waals surface area contributed by atoms with Crippen LogP contribution in [-0.4, -0.2) is 49.3 Å². The van der Waals surface area contributed by atoms with E-state index < -0.39 is 0 Å². The number of ether oxygens (including phenoxy) is 1. The van der Waals surface area contributed by atoms with Crippen molar-refractivity contribution in [3.05, 3.63) is 40.9 Å². The SMILES string of the molecule is Nc1cc(-c2nc3cc(Br)ccc3o2)ccc1NCCCN1CCOCC1. The fourth-order valence-electron chi connectivity index (χ4n) is 3.23. The van der Waals surface area contributed by atoms with Gasteiger partial charge in [-0.3, -0.25) is 4.90 Å². The normalized spacial score (nSPS) is 15.3. The summed E-state index contributed by atoms with van der Waals surface area (Å²) in [6, 6.07) is 11.7. The molecule has 1 aliphatic rings. The standard InChI is InChI=1S/C20H23BrN4O2/c21-15-3-5-19-18(13-15)24-20(27-19)14-2-4-17(16(22)12-14)23-6-1-7-25-8-10-26-11-9-25/h2-5,12-13,23H,1,6-11,22H2. The van der Waals surface area contributed by atoms with Crippen LogP contribution in [0.5, 0.6) is 0 Å². The third-order valence-electron chi connectivity index (χ3n) is 4.72. The van der Waals surface area contributed by atoms with Crippen LogP contribution in [0.15, 0.2) is 45.3 Å². The molecule has 1 fully saturated rings. The molecule has 2 heterocycles. The summed E-state index contributed by atoms with van der Waals surface area (Å²) >= 11 is 3.46. The number of morpholine rings is 1. The van der Waals surface area contributed by atoms with Crippen molar-refractivity contribution in [1.29, 1.82) is 0 Å². The number of nitrogens with two attached hydrogens (primary N) is 1. The van der Waals surface area contributed by atoms with E-state index in [4.69, 9.17) is 14.9 Å². The molecule has 0 atom stereocenters. The molecular formula is C20H23BrN4O2. The van der Waals surface area contributed by atoms with E-state index in [9.17, 15) is 0 Å². The Morgan fingerprint density at radius 3 is 2.81 bits per heavy atom. The number of aromatic nitrogens is 1. The highest BCUT2D eigenvalue weighted by atomic mass is 79.9. The summed E-state index contributed by atoms with van der Waals surface area (Å²) in [7, 11) is 0. The Labute approximate surface area is 166 Å². The number of hydrogen-bond acceptors (Lipinski definition) is 6. The van der Waals surface area contributed by atoms with Crippen molar-refractivity contribution < 1.29 is 9.15 Å². The first-order valence-corrected chi connectivity index (χ1v) is 9.98. The highest BCUT2D eigenvalue weighted by molar-refractivity contribution is 9.10. The quantitative estimate of drug-likeness (QED) is 0.454. The van der Waals surface area contributed by atoms with Crippen LogP contribution in [0, 0.1) is 0 Å². The summed E-state index contributed by atoms with van der Waals surface area (Å²) in [5.74, 6) is 0.577. The number of anilines is 2. The number of fused-ring (bicyclic) bond motifs is 1. The summed E-state index contributed by atoms with van der Waals surface area (Å²) in [5.41, 5.74) is 10.3. The Hall–Kier alpha value is -2.09. The van der Waals surface area contributed by atoms with Crippen molar-refractivity contribution in [2.45, 2.75) is 6.42 Å². The predicted octanol–water partition coefficient (Wildman–Crippen LogP) is 3.97. The van der Waals surface area contributed by atoms with E-state index in [0.717, 1.165) is 72.6 Å². The first-order chi connectivity index (χ1) is 13.2. The van der Waals surface area contributed by atoms with Crippen molar-refractivity contribution in [3.63, 3.8) is 0 Å². The Kier molecular flexibility index (Phi) is 5.61. The van der Waals surface area contributed by atoms with Crippen LogP contribution < -0.4 is 11.1 Å². The highest BCUT2D eigenvalue weighted by Gasteiger charge is 2.11. The number of oxazole rings is 1. The van der Waals surface area contributed by atoms with Gasteiger partial charge in [0, 0.05) is 29.7 Å². The van der Waals surface area contributed by atoms with Gasteiger partial charge in [-0.1, -0.05) is 15.9 Å². The largest absolute Gasteiger partial charge is 0.436 e. The molecular weight excluding hydrogens is 408 g/mol. The molecule has 1 aromatic heterocycles. The molecule has 27 heavy (non-hydrogen) atoms. The fourth-order valence-corrected chi connectivity index (χ4v) is 3.58. The lowest BCUT2D eigenvalue weighted by Gasteiger charge is -2.26. The van der Waals surface area contributed by atoms with E-state index in [1.807, 2.05) is 36.4 Å². The molecule has 6 nitrogen and oxygen atoms in total. The average Bonchev–Trinajstić information content (AvgIpc) is 3.10. The molecule has 1 aliphatic heterocycles. The maximum atomic E-state index is 6.24. The van der Waals surface area contributed by atoms with Gasteiger partial charge in [0.15, 0.2) is 5.58 Å². The fraction of sp³-hybridized carbons (Fsp3) is 0.350. The molecule has 2 aromatic carbocycles. The summed E-state index contributed by atoms with van der Waals surface area (Å²) in [6.45, 7) is 5.70. The molecule has 3 aromatic rings. The van der Waals surface area contributed by atoms with Crippen molar-refractivity contribution in [2.24, 2.45) is 0 Å². The average molecular weight is 431 g/mol. The van der Waals surface area contributed by atoms with Crippen molar-refractivity contribution >= 4 is 38.4 Å². The van der Waals surface area contributed by atoms with E-state index in [2.05, 4.69) is 31.1 Å². The second-order valence-electron chi connectivity index (χ2n) is 6.67. The van der Waals surface area contributed by atoms with E-state index in [1.165, 1.54) is 0 Å². The second-order valence-corrected chi connectivity index (χ2v) is 7.58. The number of halogens is 1. The van der Waals surface area contributed by atoms with Gasteiger partial charge in [-0.2, -0.15) is 0 Å². The lowest BCUT2D eigenvalue weighted by Crippen LogP contribution is -2.37. The van der Waals surface area contributed by atoms with E-state index >= 15 is 0 Å². The third-order valence-corrected chi connectivity index (χ3v) is 5.21. The van der Waals surface area contributed by atoms with Crippen LogP contribution in [0.2, 0.25) is 0 Å². The van der Waals surface area contributed by atoms with Gasteiger partial charge in [0.05, 0.1) is 24.6 Å². The lowest BCUT2D eigenvalue weighted by atomic mass is 10.1. The Bertz CT molecular complexity index is 921. The topological polar surface area (TPSA) is 76.5 Å². The first kappa shape index (κ1) is 18.3. The summed E-state index contributed by atoms with van der Waals surface area (Å²) < 4.78 is 12.2. The molecule has 0 radical (unpaired) electrons. The van der Waals surface area contributed by atoms with E-state index in [0.29, 0.717) is 11.6 Å². The summed E-state index contributed by atoms with van der Waals surface area (Å²) in [6.07, 6.45) is 1.07. The second kappa shape index (κ2) is 8.29. The number of nitrogens with zero attached hydrogens (tertiary/aromatic N) is 2. The number of nitrogen functional groups attached to an aromatic ring is 1. The predicted molar refractivity (Wildman–Crippen MR) is 112 cm³/mol. The smallest absolute Gasteiger partial charge is 0.227 e. The Morgan fingerprint density at radius 2 is 2.00 bits per heavy atom. The van der Waals surface area contributed by atoms with Crippen LogP contribution >= 0.6 is 15.9 Å². The molecule has 0 spiro atoms. The zero-order valence-corrected chi connectivity index (χ0v) is 16.7. The van der Waals surface area contributed by atoms with Crippen LogP contribution in [0.4, 0.5) is 11.4 Å². The Balaban J connectivity index is 1.38. The van der Waals surface area contributed by atoms with Crippen molar-refractivity contribution in [3.8, 4) is 11.5 Å². The number of rotatable bonds is 6. The third kappa shape index (κ3) is 4.43. The van der Waals surface area contributed by atoms with Crippen molar-refractivity contribution in [2.75, 3.05) is 50.4 Å². The first-order valence-electron chi connectivity index (χ1n) is 9.19. The van der Waals surface area contributed by atoms with Gasteiger partial charge < -0.3 is 20.2 Å². The van der Waals surface area contributed by atoms with Gasteiger partial charge in [0.25, 0.3) is 0 Å². The monoisotopic (exact) mass is 430 g/mol. The molecule has 0 aliphatic carbocycles. The Morgan fingerprint density at radius 1 is 1.15 bits per heavy atom. The summed E-state index contributed by atoms with van der Waals surface area (Å²) in [5, 5.41) is 3.43. The molecule has 0 unspecified atom stereocenters. The number of nitrogens with one attached hydrogen (secondary N) is 1. The minimum atomic E-state index is 0.577. The van der Waals surface area contributed by atoms with E-state index in [1.54, 1.807) is 0 Å². The van der Waals surface area contributed by atoms with Crippen LogP contribution in [0.25, 0.3) is 22.6 Å².